The zero-order valence-electron chi connectivity index (χ0n) is 15.4. The molecule has 0 spiro atoms. The van der Waals surface area contributed by atoms with Gasteiger partial charge in [-0.3, -0.25) is 9.59 Å². The number of carbonyl (C=O) groups is 2. The molecular formula is C21H16ClN3O2S2. The van der Waals surface area contributed by atoms with E-state index in [2.05, 4.69) is 15.6 Å². The number of carbonyl (C=O) groups excluding carboxylic acids is 2. The van der Waals surface area contributed by atoms with E-state index in [1.165, 1.54) is 11.3 Å². The third-order valence-electron chi connectivity index (χ3n) is 4.14. The molecule has 0 unspecified atom stereocenters. The van der Waals surface area contributed by atoms with Crippen LogP contribution in [0.2, 0.25) is 5.02 Å². The maximum Gasteiger partial charge on any atom is 0.261 e. The number of nitrogens with zero attached hydrogens (tertiary/aromatic N) is 1. The second-order valence-electron chi connectivity index (χ2n) is 6.36. The first-order valence-electron chi connectivity index (χ1n) is 8.79. The van der Waals surface area contributed by atoms with Gasteiger partial charge in [-0.1, -0.05) is 29.8 Å². The molecule has 8 heteroatoms. The van der Waals surface area contributed by atoms with Gasteiger partial charge >= 0.3 is 0 Å². The molecule has 0 saturated carbocycles. The van der Waals surface area contributed by atoms with Crippen molar-refractivity contribution >= 4 is 62.0 Å². The highest BCUT2D eigenvalue weighted by atomic mass is 35.5. The largest absolute Gasteiger partial charge is 0.342 e. The maximum absolute atomic E-state index is 12.4. The molecule has 0 radical (unpaired) electrons. The standard InChI is InChI=1S/C21H16ClN3O2S2/c1-12-6-7-14(13(22)10-12)24-19(26)11-23-20(27)17-8-9-18(28-17)21-25-15-4-2-3-5-16(15)29-21/h2-10H,11H2,1H3,(H,23,27)(H,24,26). The predicted octanol–water partition coefficient (Wildman–Crippen LogP) is 5.36. The molecule has 0 bridgehead atoms. The van der Waals surface area contributed by atoms with Crippen molar-refractivity contribution in [2.75, 3.05) is 11.9 Å². The van der Waals surface area contributed by atoms with Crippen molar-refractivity contribution in [3.8, 4) is 9.88 Å². The number of rotatable bonds is 5. The smallest absolute Gasteiger partial charge is 0.261 e. The Hall–Kier alpha value is -2.74. The molecule has 2 aromatic heterocycles. The van der Waals surface area contributed by atoms with Crippen molar-refractivity contribution in [2.24, 2.45) is 0 Å². The number of hydrogen-bond donors (Lipinski definition) is 2. The van der Waals surface area contributed by atoms with Crippen LogP contribution in [0, 0.1) is 6.92 Å². The summed E-state index contributed by atoms with van der Waals surface area (Å²) in [5, 5.41) is 6.68. The van der Waals surface area contributed by atoms with E-state index in [1.54, 1.807) is 29.5 Å². The Kier molecular flexibility index (Phi) is 5.62. The molecule has 0 aliphatic rings. The molecule has 5 nitrogen and oxygen atoms in total. The molecule has 4 rings (SSSR count). The Morgan fingerprint density at radius 2 is 1.90 bits per heavy atom. The van der Waals surface area contributed by atoms with Gasteiger partial charge in [0.1, 0.15) is 5.01 Å². The first-order chi connectivity index (χ1) is 14.0. The van der Waals surface area contributed by atoms with Gasteiger partial charge in [-0.2, -0.15) is 0 Å². The highest BCUT2D eigenvalue weighted by molar-refractivity contribution is 7.26. The molecule has 0 fully saturated rings. The molecule has 0 aliphatic heterocycles. The molecule has 0 atom stereocenters. The van der Waals surface area contributed by atoms with E-state index in [0.29, 0.717) is 15.6 Å². The van der Waals surface area contributed by atoms with Gasteiger partial charge in [0.15, 0.2) is 0 Å². The fourth-order valence-corrected chi connectivity index (χ4v) is 4.94. The molecule has 146 valence electrons. The molecule has 2 N–H and O–H groups in total. The minimum Gasteiger partial charge on any atom is -0.342 e. The summed E-state index contributed by atoms with van der Waals surface area (Å²) in [6.45, 7) is 1.78. The van der Waals surface area contributed by atoms with Gasteiger partial charge < -0.3 is 10.6 Å². The summed E-state index contributed by atoms with van der Waals surface area (Å²) >= 11 is 9.06. The topological polar surface area (TPSA) is 71.1 Å². The lowest BCUT2D eigenvalue weighted by molar-refractivity contribution is -0.115. The number of nitrogens with one attached hydrogen (secondary N) is 2. The molecule has 0 saturated heterocycles. The van der Waals surface area contributed by atoms with E-state index >= 15 is 0 Å². The quantitative estimate of drug-likeness (QED) is 0.438. The minimum absolute atomic E-state index is 0.141. The van der Waals surface area contributed by atoms with Crippen LogP contribution in [0.1, 0.15) is 15.2 Å². The van der Waals surface area contributed by atoms with Crippen molar-refractivity contribution in [3.05, 3.63) is 70.1 Å². The number of thiophene rings is 1. The maximum atomic E-state index is 12.4. The summed E-state index contributed by atoms with van der Waals surface area (Å²) in [6.07, 6.45) is 0. The summed E-state index contributed by atoms with van der Waals surface area (Å²) in [4.78, 5) is 30.6. The van der Waals surface area contributed by atoms with E-state index in [-0.39, 0.29) is 18.4 Å². The fourth-order valence-electron chi connectivity index (χ4n) is 2.72. The predicted molar refractivity (Wildman–Crippen MR) is 120 cm³/mol. The molecule has 2 amide bonds. The average molecular weight is 442 g/mol. The van der Waals surface area contributed by atoms with Crippen molar-refractivity contribution in [3.63, 3.8) is 0 Å². The Bertz CT molecular complexity index is 1180. The molecule has 29 heavy (non-hydrogen) atoms. The third-order valence-corrected chi connectivity index (χ3v) is 6.74. The van der Waals surface area contributed by atoms with Crippen LogP contribution in [0.25, 0.3) is 20.1 Å². The zero-order chi connectivity index (χ0) is 20.4. The number of amides is 2. The van der Waals surface area contributed by atoms with Gasteiger partial charge in [-0.05, 0) is 48.9 Å². The van der Waals surface area contributed by atoms with Crippen LogP contribution in [0.15, 0.2) is 54.6 Å². The van der Waals surface area contributed by atoms with Gasteiger partial charge in [0.25, 0.3) is 5.91 Å². The van der Waals surface area contributed by atoms with Gasteiger partial charge in [0, 0.05) is 0 Å². The Morgan fingerprint density at radius 3 is 2.69 bits per heavy atom. The number of fused-ring (bicyclic) bond motifs is 1. The van der Waals surface area contributed by atoms with E-state index in [0.717, 1.165) is 25.7 Å². The molecule has 4 aromatic rings. The second kappa shape index (κ2) is 8.32. The fraction of sp³-hybridized carbons (Fsp3) is 0.0952. The van der Waals surface area contributed by atoms with E-state index in [4.69, 9.17) is 11.6 Å². The highest BCUT2D eigenvalue weighted by Gasteiger charge is 2.14. The van der Waals surface area contributed by atoms with Gasteiger partial charge in [-0.15, -0.1) is 22.7 Å². The van der Waals surface area contributed by atoms with Crippen molar-refractivity contribution in [1.82, 2.24) is 10.3 Å². The molecule has 0 aliphatic carbocycles. The number of aromatic nitrogens is 1. The first kappa shape index (κ1) is 19.6. The van der Waals surface area contributed by atoms with Crippen molar-refractivity contribution in [2.45, 2.75) is 6.92 Å². The van der Waals surface area contributed by atoms with Gasteiger partial charge in [0.2, 0.25) is 5.91 Å². The van der Waals surface area contributed by atoms with Crippen LogP contribution in [-0.4, -0.2) is 23.3 Å². The van der Waals surface area contributed by atoms with Crippen LogP contribution in [0.4, 0.5) is 5.69 Å². The Labute approximate surface area is 180 Å². The lowest BCUT2D eigenvalue weighted by atomic mass is 10.2. The SMILES string of the molecule is Cc1ccc(NC(=O)CNC(=O)c2ccc(-c3nc4ccccc4s3)s2)c(Cl)c1. The first-order valence-corrected chi connectivity index (χ1v) is 10.8. The van der Waals surface area contributed by atoms with E-state index in [1.807, 2.05) is 43.3 Å². The van der Waals surface area contributed by atoms with Crippen LogP contribution in [-0.2, 0) is 4.79 Å². The number of aryl methyl sites for hydroxylation is 1. The van der Waals surface area contributed by atoms with E-state index in [9.17, 15) is 9.59 Å². The summed E-state index contributed by atoms with van der Waals surface area (Å²) in [5.41, 5.74) is 2.46. The second-order valence-corrected chi connectivity index (χ2v) is 8.89. The summed E-state index contributed by atoms with van der Waals surface area (Å²) in [5.74, 6) is -0.639. The summed E-state index contributed by atoms with van der Waals surface area (Å²) < 4.78 is 1.10. The number of anilines is 1. The molecule has 2 heterocycles. The van der Waals surface area contributed by atoms with Crippen LogP contribution in [0.3, 0.4) is 0 Å². The monoisotopic (exact) mass is 441 g/mol. The van der Waals surface area contributed by atoms with Crippen LogP contribution >= 0.6 is 34.3 Å². The Balaban J connectivity index is 1.38. The zero-order valence-corrected chi connectivity index (χ0v) is 17.8. The normalized spacial score (nSPS) is 10.8. The number of para-hydroxylation sites is 1. The number of benzene rings is 2. The molecular weight excluding hydrogens is 426 g/mol. The summed E-state index contributed by atoms with van der Waals surface area (Å²) in [7, 11) is 0. The van der Waals surface area contributed by atoms with Crippen molar-refractivity contribution in [1.29, 1.82) is 0 Å². The van der Waals surface area contributed by atoms with E-state index < -0.39 is 0 Å². The van der Waals surface area contributed by atoms with Gasteiger partial charge in [0.05, 0.1) is 37.2 Å². The molecule has 2 aromatic carbocycles. The number of halogens is 1. The highest BCUT2D eigenvalue weighted by Crippen LogP contribution is 2.34. The minimum atomic E-state index is -0.341. The summed E-state index contributed by atoms with van der Waals surface area (Å²) in [6, 6.07) is 16.9. The lowest BCUT2D eigenvalue weighted by Gasteiger charge is -2.08. The Morgan fingerprint density at radius 1 is 1.07 bits per heavy atom. The number of thiazole rings is 1. The van der Waals surface area contributed by atoms with Crippen LogP contribution in [0.5, 0.6) is 0 Å². The van der Waals surface area contributed by atoms with Gasteiger partial charge in [-0.25, -0.2) is 4.98 Å². The average Bonchev–Trinajstić information content (AvgIpc) is 3.35. The lowest BCUT2D eigenvalue weighted by Crippen LogP contribution is -2.32. The number of hydrogen-bond acceptors (Lipinski definition) is 5. The third kappa shape index (κ3) is 4.48. The van der Waals surface area contributed by atoms with Crippen molar-refractivity contribution < 1.29 is 9.59 Å². The van der Waals surface area contributed by atoms with Crippen LogP contribution < -0.4 is 10.6 Å².